The highest BCUT2D eigenvalue weighted by atomic mass is 19.3. The second kappa shape index (κ2) is 13.1. The van der Waals surface area contributed by atoms with Gasteiger partial charge in [0, 0.05) is 18.2 Å². The summed E-state index contributed by atoms with van der Waals surface area (Å²) in [7, 11) is 1.25. The van der Waals surface area contributed by atoms with Gasteiger partial charge in [-0.25, -0.2) is 18.4 Å². The molecule has 0 radical (unpaired) electrons. The zero-order valence-corrected chi connectivity index (χ0v) is 19.5. The molecule has 10 heteroatoms. The lowest BCUT2D eigenvalue weighted by Crippen LogP contribution is -2.16. The molecule has 0 saturated heterocycles. The molecule has 0 aliphatic carbocycles. The first-order chi connectivity index (χ1) is 16.6. The van der Waals surface area contributed by atoms with Crippen molar-refractivity contribution in [3.8, 4) is 11.5 Å². The number of nitrogens with one attached hydrogen (secondary N) is 1. The summed E-state index contributed by atoms with van der Waals surface area (Å²) < 4.78 is 39.1. The Balaban J connectivity index is 2.08. The number of methoxy groups -OCH3 is 1. The van der Waals surface area contributed by atoms with Gasteiger partial charge in [0.05, 0.1) is 7.11 Å². The number of Topliss-reactive ketones (excluding diaryl/α,β-unsaturated/α-hetero) is 1. The number of alkyl carbamates (subject to hydrolysis) is 1. The molecule has 2 aromatic rings. The summed E-state index contributed by atoms with van der Waals surface area (Å²) in [6, 6.07) is 7.35. The molecular formula is C25H27F2NO7. The third-order valence-electron chi connectivity index (χ3n) is 4.93. The number of carbonyl (C=O) groups is 2. The molecule has 0 bridgehead atoms. The predicted molar refractivity (Wildman–Crippen MR) is 125 cm³/mol. The highest BCUT2D eigenvalue weighted by Crippen LogP contribution is 2.26. The lowest BCUT2D eigenvalue weighted by Gasteiger charge is -2.11. The lowest BCUT2D eigenvalue weighted by atomic mass is 9.99. The van der Waals surface area contributed by atoms with Gasteiger partial charge in [0.25, 0.3) is 6.43 Å². The summed E-state index contributed by atoms with van der Waals surface area (Å²) in [5.41, 5.74) is -0.695. The van der Waals surface area contributed by atoms with Gasteiger partial charge >= 0.3 is 11.7 Å². The van der Waals surface area contributed by atoms with Gasteiger partial charge < -0.3 is 19.0 Å². The fourth-order valence-corrected chi connectivity index (χ4v) is 3.04. The van der Waals surface area contributed by atoms with Crippen molar-refractivity contribution >= 4 is 18.0 Å². The Kier molecular flexibility index (Phi) is 10.2. The molecule has 1 aromatic heterocycles. The first-order valence-electron chi connectivity index (χ1n) is 10.7. The number of amides is 1. The Morgan fingerprint density at radius 1 is 1.23 bits per heavy atom. The average Bonchev–Trinajstić information content (AvgIpc) is 2.82. The van der Waals surface area contributed by atoms with Crippen LogP contribution in [0.25, 0.3) is 6.08 Å². The van der Waals surface area contributed by atoms with Crippen LogP contribution in [0.15, 0.2) is 57.4 Å². The molecule has 0 aliphatic heterocycles. The first kappa shape index (κ1) is 27.3. The molecule has 35 heavy (non-hydrogen) atoms. The number of allylic oxidation sites excluding steroid dienone is 2. The van der Waals surface area contributed by atoms with E-state index in [-0.39, 0.29) is 23.0 Å². The Labute approximate surface area is 200 Å². The maximum absolute atomic E-state index is 12.8. The zero-order chi connectivity index (χ0) is 26.0. The quantitative estimate of drug-likeness (QED) is 0.335. The number of halogens is 2. The van der Waals surface area contributed by atoms with E-state index in [4.69, 9.17) is 9.15 Å². The predicted octanol–water partition coefficient (Wildman–Crippen LogP) is 5.03. The van der Waals surface area contributed by atoms with Gasteiger partial charge in [-0.1, -0.05) is 25.1 Å². The van der Waals surface area contributed by atoms with E-state index in [2.05, 4.69) is 10.1 Å². The van der Waals surface area contributed by atoms with Gasteiger partial charge in [-0.05, 0) is 49.1 Å². The van der Waals surface area contributed by atoms with E-state index in [0.29, 0.717) is 18.4 Å². The van der Waals surface area contributed by atoms with Crippen LogP contribution in [0, 0.1) is 0 Å². The van der Waals surface area contributed by atoms with Crippen LogP contribution in [0.4, 0.5) is 13.6 Å². The van der Waals surface area contributed by atoms with Gasteiger partial charge in [-0.2, -0.15) is 0 Å². The Bertz CT molecular complexity index is 1140. The molecule has 1 heterocycles. The fraction of sp³-hybridized carbons (Fsp3) is 0.320. The van der Waals surface area contributed by atoms with Gasteiger partial charge in [0.2, 0.25) is 0 Å². The van der Waals surface area contributed by atoms with Crippen molar-refractivity contribution in [3.63, 3.8) is 0 Å². The van der Waals surface area contributed by atoms with Crippen LogP contribution in [-0.2, 0) is 4.74 Å². The molecule has 1 unspecified atom stereocenters. The van der Waals surface area contributed by atoms with Crippen molar-refractivity contribution in [1.82, 2.24) is 5.32 Å². The molecule has 1 aromatic carbocycles. The minimum absolute atomic E-state index is 0.165. The number of aromatic hydroxyl groups is 1. The highest BCUT2D eigenvalue weighted by Gasteiger charge is 2.22. The Hall–Kier alpha value is -3.95. The normalized spacial score (nSPS) is 12.6. The Morgan fingerprint density at radius 2 is 1.91 bits per heavy atom. The SMILES string of the molecule is COC(=O)N/C=C/CCC(C)c1cc(O)c(C(=O)C(C)=Cc2ccc(OCC(F)F)cc2)c(=O)o1. The van der Waals surface area contributed by atoms with Gasteiger partial charge in [0.1, 0.15) is 29.4 Å². The fourth-order valence-electron chi connectivity index (χ4n) is 3.04. The second-order valence-corrected chi connectivity index (χ2v) is 7.64. The van der Waals surface area contributed by atoms with Crippen LogP contribution in [0.2, 0.25) is 0 Å². The first-order valence-corrected chi connectivity index (χ1v) is 10.7. The topological polar surface area (TPSA) is 115 Å². The van der Waals surface area contributed by atoms with Crippen molar-refractivity contribution in [2.24, 2.45) is 0 Å². The minimum atomic E-state index is -2.59. The molecule has 0 spiro atoms. The number of rotatable bonds is 11. The van der Waals surface area contributed by atoms with Crippen LogP contribution < -0.4 is 15.7 Å². The highest BCUT2D eigenvalue weighted by molar-refractivity contribution is 6.12. The number of alkyl halides is 2. The monoisotopic (exact) mass is 491 g/mol. The van der Waals surface area contributed by atoms with E-state index in [1.165, 1.54) is 44.5 Å². The molecule has 8 nitrogen and oxygen atoms in total. The van der Waals surface area contributed by atoms with E-state index in [0.717, 1.165) is 0 Å². The maximum atomic E-state index is 12.8. The lowest BCUT2D eigenvalue weighted by molar-refractivity contribution is 0.0819. The number of hydrogen-bond acceptors (Lipinski definition) is 7. The van der Waals surface area contributed by atoms with Gasteiger partial charge in [-0.3, -0.25) is 10.1 Å². The standard InChI is InChI=1S/C25H27F2NO7/c1-15(6-4-5-11-28-25(32)33-3)20-13-19(29)22(24(31)35-20)23(30)16(2)12-17-7-9-18(10-8-17)34-14-21(26)27/h5,7-13,15,21,29H,4,6,14H2,1-3H3,(H,28,32)/b11-5+,16-12?. The molecule has 0 saturated carbocycles. The summed E-state index contributed by atoms with van der Waals surface area (Å²) >= 11 is 0. The van der Waals surface area contributed by atoms with Crippen LogP contribution >= 0.6 is 0 Å². The summed E-state index contributed by atoms with van der Waals surface area (Å²) in [6.45, 7) is 2.55. The van der Waals surface area contributed by atoms with E-state index in [1.807, 2.05) is 0 Å². The van der Waals surface area contributed by atoms with Crippen molar-refractivity contribution in [3.05, 3.63) is 75.5 Å². The van der Waals surface area contributed by atoms with Gasteiger partial charge in [-0.15, -0.1) is 0 Å². The molecule has 0 aliphatic rings. The zero-order valence-electron chi connectivity index (χ0n) is 19.5. The van der Waals surface area contributed by atoms with Crippen molar-refractivity contribution < 1.29 is 37.4 Å². The molecule has 1 atom stereocenters. The molecule has 2 rings (SSSR count). The number of hydrogen-bond donors (Lipinski definition) is 2. The third kappa shape index (κ3) is 8.40. The molecule has 0 fully saturated rings. The molecule has 188 valence electrons. The number of carbonyl (C=O) groups excluding carboxylic acids is 2. The molecule has 1 amide bonds. The van der Waals surface area contributed by atoms with Crippen molar-refractivity contribution in [1.29, 1.82) is 0 Å². The summed E-state index contributed by atoms with van der Waals surface area (Å²) in [5, 5.41) is 12.8. The van der Waals surface area contributed by atoms with Crippen LogP contribution in [-0.4, -0.2) is 37.1 Å². The molecular weight excluding hydrogens is 464 g/mol. The summed E-state index contributed by atoms with van der Waals surface area (Å²) in [4.78, 5) is 36.3. The average molecular weight is 491 g/mol. The maximum Gasteiger partial charge on any atom is 0.410 e. The van der Waals surface area contributed by atoms with Crippen LogP contribution in [0.3, 0.4) is 0 Å². The smallest absolute Gasteiger partial charge is 0.410 e. The van der Waals surface area contributed by atoms with Crippen molar-refractivity contribution in [2.45, 2.75) is 39.0 Å². The van der Waals surface area contributed by atoms with E-state index in [9.17, 15) is 28.3 Å². The largest absolute Gasteiger partial charge is 0.507 e. The van der Waals surface area contributed by atoms with E-state index >= 15 is 0 Å². The Morgan fingerprint density at radius 3 is 2.51 bits per heavy atom. The number of ketones is 1. The third-order valence-corrected chi connectivity index (χ3v) is 4.93. The summed E-state index contributed by atoms with van der Waals surface area (Å²) in [6.07, 6.45) is 2.54. The number of ether oxygens (including phenoxy) is 2. The van der Waals surface area contributed by atoms with Crippen molar-refractivity contribution in [2.75, 3.05) is 13.7 Å². The van der Waals surface area contributed by atoms with Gasteiger partial charge in [0.15, 0.2) is 5.78 Å². The number of benzene rings is 1. The minimum Gasteiger partial charge on any atom is -0.507 e. The van der Waals surface area contributed by atoms with E-state index in [1.54, 1.807) is 25.1 Å². The summed E-state index contributed by atoms with van der Waals surface area (Å²) in [5.74, 6) is -0.961. The second-order valence-electron chi connectivity index (χ2n) is 7.64. The van der Waals surface area contributed by atoms with Crippen LogP contribution in [0.5, 0.6) is 11.5 Å². The molecule has 2 N–H and O–H groups in total. The van der Waals surface area contributed by atoms with E-state index < -0.39 is 41.8 Å². The van der Waals surface area contributed by atoms with Crippen LogP contribution in [0.1, 0.15) is 54.3 Å².